The van der Waals surface area contributed by atoms with E-state index < -0.39 is 0 Å². The molecule has 0 N–H and O–H groups in total. The number of fused-ring (bicyclic) bond motifs is 6. The van der Waals surface area contributed by atoms with Crippen LogP contribution in [0.5, 0.6) is 0 Å². The molecule has 10 rings (SSSR count). The predicted octanol–water partition coefficient (Wildman–Crippen LogP) is 14.6. The second-order valence-corrected chi connectivity index (χ2v) is 13.3. The van der Waals surface area contributed by atoms with Crippen molar-refractivity contribution in [3.63, 3.8) is 0 Å². The Hall–Kier alpha value is -7.10. The number of rotatable bonds is 7. The van der Waals surface area contributed by atoms with Crippen LogP contribution in [0.2, 0.25) is 0 Å². The van der Waals surface area contributed by atoms with Crippen molar-refractivity contribution in [3.05, 3.63) is 193 Å². The van der Waals surface area contributed by atoms with Crippen LogP contribution < -0.4 is 4.90 Å². The molecule has 8 aromatic carbocycles. The van der Waals surface area contributed by atoms with Gasteiger partial charge in [-0.25, -0.2) is 0 Å². The molecule has 10 aromatic rings. The van der Waals surface area contributed by atoms with E-state index in [-0.39, 0.29) is 0 Å². The second kappa shape index (κ2) is 12.6. The Morgan fingerprint density at radius 2 is 1.13 bits per heavy atom. The first-order valence-electron chi connectivity index (χ1n) is 17.9. The van der Waals surface area contributed by atoms with Gasteiger partial charge in [0.15, 0.2) is 5.58 Å². The monoisotopic (exact) mass is 679 g/mol. The van der Waals surface area contributed by atoms with Crippen LogP contribution in [0.4, 0.5) is 17.1 Å². The topological polar surface area (TPSA) is 29.5 Å². The molecule has 2 aromatic heterocycles. The largest absolute Gasteiger partial charge is 0.456 e. The minimum atomic E-state index is 0.747. The maximum absolute atomic E-state index is 6.64. The van der Waals surface area contributed by atoms with E-state index in [9.17, 15) is 0 Å². The third-order valence-electron chi connectivity index (χ3n) is 10.3. The van der Waals surface area contributed by atoms with Gasteiger partial charge in [0.2, 0.25) is 0 Å². The highest BCUT2D eigenvalue weighted by Crippen LogP contribution is 2.44. The number of hydrogen-bond acceptors (Lipinski definition) is 3. The zero-order chi connectivity index (χ0) is 35.3. The zero-order valence-corrected chi connectivity index (χ0v) is 28.9. The quantitative estimate of drug-likeness (QED) is 0.168. The van der Waals surface area contributed by atoms with Gasteiger partial charge in [0.25, 0.3) is 0 Å². The van der Waals surface area contributed by atoms with Crippen LogP contribution in [0.3, 0.4) is 0 Å². The van der Waals surface area contributed by atoms with Gasteiger partial charge in [0.1, 0.15) is 16.9 Å². The van der Waals surface area contributed by atoms with Crippen molar-refractivity contribution in [1.29, 1.82) is 0 Å². The lowest BCUT2D eigenvalue weighted by Gasteiger charge is -2.27. The smallest absolute Gasteiger partial charge is 0.159 e. The fourth-order valence-corrected chi connectivity index (χ4v) is 7.73. The first kappa shape index (κ1) is 30.7. The molecule has 0 atom stereocenters. The fourth-order valence-electron chi connectivity index (χ4n) is 7.73. The molecule has 0 spiro atoms. The molecule has 0 fully saturated rings. The molecule has 2 heterocycles. The van der Waals surface area contributed by atoms with Crippen molar-refractivity contribution in [2.24, 2.45) is 0 Å². The summed E-state index contributed by atoms with van der Waals surface area (Å²) < 4.78 is 13.0. The molecule has 3 heteroatoms. The first-order chi connectivity index (χ1) is 26.2. The van der Waals surface area contributed by atoms with Crippen LogP contribution >= 0.6 is 0 Å². The average molecular weight is 680 g/mol. The minimum Gasteiger partial charge on any atom is -0.456 e. The highest BCUT2D eigenvalue weighted by molar-refractivity contribution is 6.11. The van der Waals surface area contributed by atoms with Crippen molar-refractivity contribution in [2.75, 3.05) is 4.90 Å². The number of para-hydroxylation sites is 3. The van der Waals surface area contributed by atoms with Crippen molar-refractivity contribution in [2.45, 2.75) is 0 Å². The molecule has 0 saturated carbocycles. The van der Waals surface area contributed by atoms with Crippen LogP contribution in [-0.2, 0) is 0 Å². The van der Waals surface area contributed by atoms with Crippen molar-refractivity contribution in [3.8, 4) is 11.1 Å². The van der Waals surface area contributed by atoms with E-state index in [0.29, 0.717) is 0 Å². The average Bonchev–Trinajstić information content (AvgIpc) is 3.77. The lowest BCUT2D eigenvalue weighted by molar-refractivity contribution is 0.604. The molecule has 0 aliphatic rings. The molecule has 0 aliphatic carbocycles. The molecule has 3 nitrogen and oxygen atoms in total. The Bertz CT molecular complexity index is 3030. The van der Waals surface area contributed by atoms with Gasteiger partial charge in [0.05, 0.1) is 11.4 Å². The Kier molecular flexibility index (Phi) is 7.29. The van der Waals surface area contributed by atoms with E-state index in [1.165, 1.54) is 21.7 Å². The van der Waals surface area contributed by atoms with Crippen molar-refractivity contribution < 1.29 is 8.83 Å². The van der Waals surface area contributed by atoms with Crippen LogP contribution in [0, 0.1) is 0 Å². The number of benzene rings is 8. The number of hydrogen-bond donors (Lipinski definition) is 0. The molecule has 0 bridgehead atoms. The van der Waals surface area contributed by atoms with Gasteiger partial charge in [-0.3, -0.25) is 0 Å². The van der Waals surface area contributed by atoms with Gasteiger partial charge in [-0.1, -0.05) is 140 Å². The van der Waals surface area contributed by atoms with Gasteiger partial charge in [-0.2, -0.15) is 0 Å². The van der Waals surface area contributed by atoms with Gasteiger partial charge in [0, 0.05) is 27.4 Å². The number of nitrogens with zero attached hydrogens (tertiary/aromatic N) is 1. The molecular weight excluding hydrogens is 647 g/mol. The Morgan fingerprint density at radius 1 is 0.472 bits per heavy atom. The lowest BCUT2D eigenvalue weighted by Crippen LogP contribution is -2.11. The summed E-state index contributed by atoms with van der Waals surface area (Å²) in [5.41, 5.74) is 9.98. The summed E-state index contributed by atoms with van der Waals surface area (Å²) in [6.45, 7) is 4.08. The van der Waals surface area contributed by atoms with Crippen LogP contribution in [0.25, 0.3) is 83.8 Å². The molecule has 0 amide bonds. The predicted molar refractivity (Wildman–Crippen MR) is 224 cm³/mol. The summed E-state index contributed by atoms with van der Waals surface area (Å²) in [6, 6.07) is 59.8. The number of furan rings is 2. The summed E-state index contributed by atoms with van der Waals surface area (Å²) in [5.74, 6) is 0.747. The van der Waals surface area contributed by atoms with E-state index >= 15 is 0 Å². The van der Waals surface area contributed by atoms with E-state index in [4.69, 9.17) is 8.83 Å². The van der Waals surface area contributed by atoms with Gasteiger partial charge >= 0.3 is 0 Å². The normalized spacial score (nSPS) is 11.8. The molecular formula is C50H33NO2. The summed E-state index contributed by atoms with van der Waals surface area (Å²) >= 11 is 0. The second-order valence-electron chi connectivity index (χ2n) is 13.3. The first-order valence-corrected chi connectivity index (χ1v) is 17.9. The van der Waals surface area contributed by atoms with Gasteiger partial charge in [-0.05, 0) is 92.9 Å². The van der Waals surface area contributed by atoms with Gasteiger partial charge < -0.3 is 13.7 Å². The summed E-state index contributed by atoms with van der Waals surface area (Å²) in [6.07, 6.45) is 6.13. The van der Waals surface area contributed by atoms with E-state index in [1.54, 1.807) is 6.08 Å². The van der Waals surface area contributed by atoms with E-state index in [1.807, 2.05) is 12.1 Å². The molecule has 250 valence electrons. The van der Waals surface area contributed by atoms with Crippen LogP contribution in [0.15, 0.2) is 185 Å². The molecule has 0 radical (unpaired) electrons. The molecule has 0 saturated heterocycles. The lowest BCUT2D eigenvalue weighted by atomic mass is 9.98. The maximum atomic E-state index is 6.64. The summed E-state index contributed by atoms with van der Waals surface area (Å²) in [7, 11) is 0. The SMILES string of the molecule is C=Cc1oc2cc3ccccc3cc2c1/C=C/c1ccccc1N(c1ccc(-c2cccc3ccccc23)cc1)c1cccc2c1oc1ccccc12. The fraction of sp³-hybridized carbons (Fsp3) is 0. The highest BCUT2D eigenvalue weighted by atomic mass is 16.3. The standard InChI is InChI=1S/C50H33NO2/c1-2-47-42(44-31-36-15-3-4-16-37(36)32-49(44)52-47)30-27-35-14-6-9-22-45(35)51(46-23-12-21-43-41-19-8-10-24-48(41)53-50(43)46)38-28-25-34(26-29-38)40-20-11-17-33-13-5-7-18-39(33)40/h2-32H,1H2/b30-27+. The Balaban J connectivity index is 1.15. The number of anilines is 3. The van der Waals surface area contributed by atoms with Crippen LogP contribution in [-0.4, -0.2) is 0 Å². The maximum Gasteiger partial charge on any atom is 0.159 e. The summed E-state index contributed by atoms with van der Waals surface area (Å²) in [4.78, 5) is 2.31. The van der Waals surface area contributed by atoms with E-state index in [2.05, 4.69) is 181 Å². The zero-order valence-electron chi connectivity index (χ0n) is 28.9. The van der Waals surface area contributed by atoms with Gasteiger partial charge in [-0.15, -0.1) is 0 Å². The molecule has 53 heavy (non-hydrogen) atoms. The van der Waals surface area contributed by atoms with Crippen molar-refractivity contribution in [1.82, 2.24) is 0 Å². The highest BCUT2D eigenvalue weighted by Gasteiger charge is 2.21. The minimum absolute atomic E-state index is 0.747. The third-order valence-corrected chi connectivity index (χ3v) is 10.3. The third kappa shape index (κ3) is 5.21. The summed E-state index contributed by atoms with van der Waals surface area (Å²) in [5, 5.41) is 8.01. The molecule has 0 unspecified atom stereocenters. The van der Waals surface area contributed by atoms with E-state index in [0.717, 1.165) is 77.8 Å². The molecule has 0 aliphatic heterocycles. The van der Waals surface area contributed by atoms with Crippen LogP contribution in [0.1, 0.15) is 16.9 Å². The Labute approximate surface area is 306 Å². The Morgan fingerprint density at radius 3 is 1.98 bits per heavy atom. The van der Waals surface area contributed by atoms with Crippen molar-refractivity contribution >= 4 is 89.7 Å².